The van der Waals surface area contributed by atoms with E-state index in [-0.39, 0.29) is 5.92 Å². The predicted octanol–water partition coefficient (Wildman–Crippen LogP) is 5.12. The lowest BCUT2D eigenvalue weighted by atomic mass is 9.90. The molecule has 7 rings (SSSR count). The molecule has 1 aromatic heterocycles. The summed E-state index contributed by atoms with van der Waals surface area (Å²) < 4.78 is 0. The second kappa shape index (κ2) is 6.85. The molecule has 1 N–H and O–H groups in total. The third kappa shape index (κ3) is 3.14. The van der Waals surface area contributed by atoms with Crippen LogP contribution in [0, 0.1) is 12.8 Å². The van der Waals surface area contributed by atoms with Gasteiger partial charge in [0.1, 0.15) is 0 Å². The molecule has 0 spiro atoms. The first-order valence-electron chi connectivity index (χ1n) is 9.71. The quantitative estimate of drug-likeness (QED) is 0.699. The fourth-order valence-corrected chi connectivity index (χ4v) is 4.03. The van der Waals surface area contributed by atoms with Crippen LogP contribution in [0.4, 0.5) is 0 Å². The monoisotopic (exact) mass is 345 g/mol. The van der Waals surface area contributed by atoms with Gasteiger partial charge in [0.05, 0.1) is 17.3 Å². The Hall–Kier alpha value is -2.19. The Balaban J connectivity index is 1.89. The summed E-state index contributed by atoms with van der Waals surface area (Å²) in [6.45, 7) is 6.24. The van der Waals surface area contributed by atoms with E-state index in [4.69, 9.17) is 4.98 Å². The molecule has 4 bridgehead atoms. The molecule has 0 unspecified atom stereocenters. The minimum Gasteiger partial charge on any atom is -0.387 e. The molecule has 1 atom stereocenters. The van der Waals surface area contributed by atoms with Crippen molar-refractivity contribution < 1.29 is 5.11 Å². The Bertz CT molecular complexity index is 941. The molecule has 0 radical (unpaired) electrons. The topological polar surface area (TPSA) is 33.1 Å². The highest BCUT2D eigenvalue weighted by Gasteiger charge is 2.18. The van der Waals surface area contributed by atoms with E-state index >= 15 is 0 Å². The molecule has 4 aliphatic rings. The van der Waals surface area contributed by atoms with Crippen LogP contribution in [-0.2, 0) is 25.7 Å². The number of hydrogen-bond donors (Lipinski definition) is 1. The van der Waals surface area contributed by atoms with Crippen molar-refractivity contribution in [2.75, 3.05) is 0 Å². The van der Waals surface area contributed by atoms with Crippen molar-refractivity contribution in [3.8, 4) is 0 Å². The highest BCUT2D eigenvalue weighted by Crippen LogP contribution is 2.31. The first-order chi connectivity index (χ1) is 12.5. The largest absolute Gasteiger partial charge is 0.387 e. The number of nitrogens with zero attached hydrogens (tertiary/aromatic N) is 1. The van der Waals surface area contributed by atoms with Gasteiger partial charge in [-0.2, -0.15) is 0 Å². The third-order valence-corrected chi connectivity index (χ3v) is 5.67. The first-order valence-corrected chi connectivity index (χ1v) is 9.71. The summed E-state index contributed by atoms with van der Waals surface area (Å²) in [5.41, 5.74) is 8.54. The minimum absolute atomic E-state index is 0.162. The maximum atomic E-state index is 10.6. The molecule has 0 amide bonds. The number of benzene rings is 2. The zero-order valence-corrected chi connectivity index (χ0v) is 15.9. The Labute approximate surface area is 155 Å². The number of aromatic nitrogens is 1. The Morgan fingerprint density at radius 3 is 2.04 bits per heavy atom. The van der Waals surface area contributed by atoms with E-state index in [1.54, 1.807) is 0 Å². The number of aliphatic hydroxyl groups is 1. The summed E-state index contributed by atoms with van der Waals surface area (Å²) in [4.78, 5) is 4.96. The van der Waals surface area contributed by atoms with Gasteiger partial charge in [0, 0.05) is 5.39 Å². The third-order valence-electron chi connectivity index (χ3n) is 5.67. The van der Waals surface area contributed by atoms with Crippen LogP contribution < -0.4 is 0 Å². The standard InChI is InChI=1S/C24H27NO/c1-15(2)24(26)21-14-16(3)22-19-10-8-17-4-6-18(7-5-17)9-11-20(13-12-19)23(22)25-21/h4-7,12-15,24,26H,8-11H2,1-3H3/t24-/m1/s1. The number of pyridine rings is 1. The maximum absolute atomic E-state index is 10.6. The fraction of sp³-hybridized carbons (Fsp3) is 0.375. The van der Waals surface area contributed by atoms with E-state index < -0.39 is 6.10 Å². The summed E-state index contributed by atoms with van der Waals surface area (Å²) in [6.07, 6.45) is 3.55. The molecule has 134 valence electrons. The normalized spacial score (nSPS) is 15.3. The van der Waals surface area contributed by atoms with Gasteiger partial charge in [-0.15, -0.1) is 0 Å². The number of hydrogen-bond acceptors (Lipinski definition) is 2. The fourth-order valence-electron chi connectivity index (χ4n) is 4.03. The number of aliphatic hydroxyl groups excluding tert-OH is 1. The Morgan fingerprint density at radius 2 is 1.42 bits per heavy atom. The molecule has 2 nitrogen and oxygen atoms in total. The Morgan fingerprint density at radius 1 is 0.846 bits per heavy atom. The average Bonchev–Trinajstić information content (AvgIpc) is 2.63. The Kier molecular flexibility index (Phi) is 4.54. The molecule has 0 aliphatic heterocycles. The SMILES string of the molecule is Cc1cc([C@H](O)C(C)C)nc2c3ccc(c12)CCc1ccc(cc1)CC3. The van der Waals surface area contributed by atoms with Gasteiger partial charge in [-0.05, 0) is 72.4 Å². The van der Waals surface area contributed by atoms with Crippen LogP contribution in [-0.4, -0.2) is 10.1 Å². The van der Waals surface area contributed by atoms with Crippen LogP contribution in [0.5, 0.6) is 0 Å². The van der Waals surface area contributed by atoms with Gasteiger partial charge < -0.3 is 5.11 Å². The first kappa shape index (κ1) is 17.2. The van der Waals surface area contributed by atoms with Crippen molar-refractivity contribution in [1.29, 1.82) is 0 Å². The molecule has 1 heterocycles. The van der Waals surface area contributed by atoms with Crippen molar-refractivity contribution in [1.82, 2.24) is 4.98 Å². The molecule has 0 saturated heterocycles. The molecular weight excluding hydrogens is 318 g/mol. The van der Waals surface area contributed by atoms with E-state index in [9.17, 15) is 5.11 Å². The van der Waals surface area contributed by atoms with Gasteiger partial charge in [-0.25, -0.2) is 4.98 Å². The molecule has 2 aromatic carbocycles. The lowest BCUT2D eigenvalue weighted by molar-refractivity contribution is 0.123. The summed E-state index contributed by atoms with van der Waals surface area (Å²) >= 11 is 0. The van der Waals surface area contributed by atoms with Crippen molar-refractivity contribution in [3.63, 3.8) is 0 Å². The molecule has 4 aliphatic carbocycles. The van der Waals surface area contributed by atoms with Crippen LogP contribution in [0.3, 0.4) is 0 Å². The van der Waals surface area contributed by atoms with Gasteiger partial charge in [0.15, 0.2) is 0 Å². The smallest absolute Gasteiger partial charge is 0.0982 e. The van der Waals surface area contributed by atoms with Crippen molar-refractivity contribution in [3.05, 3.63) is 76.0 Å². The molecule has 3 aromatic rings. The van der Waals surface area contributed by atoms with E-state index in [1.165, 1.54) is 33.2 Å². The van der Waals surface area contributed by atoms with Crippen molar-refractivity contribution in [2.24, 2.45) is 5.92 Å². The average molecular weight is 345 g/mol. The van der Waals surface area contributed by atoms with Crippen LogP contribution in [0.2, 0.25) is 0 Å². The summed E-state index contributed by atoms with van der Waals surface area (Å²) in [7, 11) is 0. The highest BCUT2D eigenvalue weighted by molar-refractivity contribution is 5.88. The van der Waals surface area contributed by atoms with Gasteiger partial charge >= 0.3 is 0 Å². The van der Waals surface area contributed by atoms with Gasteiger partial charge in [-0.1, -0.05) is 50.2 Å². The molecule has 0 saturated carbocycles. The summed E-state index contributed by atoms with van der Waals surface area (Å²) in [5.74, 6) is 0.162. The van der Waals surface area contributed by atoms with Gasteiger partial charge in [-0.3, -0.25) is 0 Å². The van der Waals surface area contributed by atoms with Crippen LogP contribution in [0.25, 0.3) is 10.9 Å². The van der Waals surface area contributed by atoms with Crippen LogP contribution >= 0.6 is 0 Å². The molecule has 26 heavy (non-hydrogen) atoms. The van der Waals surface area contributed by atoms with Crippen LogP contribution in [0.1, 0.15) is 53.5 Å². The maximum Gasteiger partial charge on any atom is 0.0982 e. The lowest BCUT2D eigenvalue weighted by Gasteiger charge is -2.19. The summed E-state index contributed by atoms with van der Waals surface area (Å²) in [6, 6.07) is 15.7. The minimum atomic E-state index is -0.514. The van der Waals surface area contributed by atoms with E-state index in [1.807, 2.05) is 13.8 Å². The van der Waals surface area contributed by atoms with E-state index in [0.29, 0.717) is 0 Å². The number of rotatable bonds is 2. The second-order valence-electron chi connectivity index (χ2n) is 7.98. The zero-order valence-electron chi connectivity index (χ0n) is 15.9. The molecule has 0 fully saturated rings. The lowest BCUT2D eigenvalue weighted by Crippen LogP contribution is -2.10. The van der Waals surface area contributed by atoms with Gasteiger partial charge in [0.25, 0.3) is 0 Å². The van der Waals surface area contributed by atoms with Crippen molar-refractivity contribution in [2.45, 2.75) is 52.6 Å². The molecular formula is C24H27NO. The van der Waals surface area contributed by atoms with Gasteiger partial charge in [0.2, 0.25) is 0 Å². The van der Waals surface area contributed by atoms with E-state index in [0.717, 1.165) is 36.9 Å². The zero-order chi connectivity index (χ0) is 18.3. The van der Waals surface area contributed by atoms with Crippen molar-refractivity contribution >= 4 is 10.9 Å². The van der Waals surface area contributed by atoms with E-state index in [2.05, 4.69) is 49.4 Å². The number of aryl methyl sites for hydroxylation is 5. The predicted molar refractivity (Wildman–Crippen MR) is 108 cm³/mol. The second-order valence-corrected chi connectivity index (χ2v) is 7.98. The molecule has 2 heteroatoms. The highest BCUT2D eigenvalue weighted by atomic mass is 16.3. The van der Waals surface area contributed by atoms with Crippen LogP contribution in [0.15, 0.2) is 42.5 Å². The summed E-state index contributed by atoms with van der Waals surface area (Å²) in [5, 5.41) is 11.9.